The molecule has 1 fully saturated rings. The summed E-state index contributed by atoms with van der Waals surface area (Å²) in [5.41, 5.74) is 1.87. The molecule has 0 saturated carbocycles. The largest absolute Gasteiger partial charge is 0.383 e. The predicted molar refractivity (Wildman–Crippen MR) is 82.8 cm³/mol. The molecule has 0 aliphatic carbocycles. The van der Waals surface area contributed by atoms with Crippen molar-refractivity contribution in [1.82, 2.24) is 4.90 Å². The molecule has 1 saturated heterocycles. The van der Waals surface area contributed by atoms with Crippen LogP contribution in [0.4, 0.5) is 5.69 Å². The predicted octanol–water partition coefficient (Wildman–Crippen LogP) is 3.22. The van der Waals surface area contributed by atoms with Crippen LogP contribution in [0.1, 0.15) is 18.4 Å². The summed E-state index contributed by atoms with van der Waals surface area (Å²) in [7, 11) is 0. The monoisotopic (exact) mass is 265 g/mol. The van der Waals surface area contributed by atoms with Crippen LogP contribution in [0, 0.1) is 11.3 Å². The third kappa shape index (κ3) is 2.61. The van der Waals surface area contributed by atoms with E-state index < -0.39 is 0 Å². The van der Waals surface area contributed by atoms with Crippen molar-refractivity contribution >= 4 is 16.5 Å². The molecule has 3 nitrogen and oxygen atoms in total. The summed E-state index contributed by atoms with van der Waals surface area (Å²) in [4.78, 5) is 2.50. The van der Waals surface area contributed by atoms with Gasteiger partial charge in [-0.3, -0.25) is 0 Å². The maximum atomic E-state index is 9.17. The zero-order valence-corrected chi connectivity index (χ0v) is 11.6. The van der Waals surface area contributed by atoms with Gasteiger partial charge in [-0.15, -0.1) is 0 Å². The summed E-state index contributed by atoms with van der Waals surface area (Å²) in [5, 5.41) is 14.8. The Morgan fingerprint density at radius 3 is 2.55 bits per heavy atom. The second-order valence-electron chi connectivity index (χ2n) is 5.29. The van der Waals surface area contributed by atoms with Crippen molar-refractivity contribution in [2.45, 2.75) is 12.8 Å². The quantitative estimate of drug-likeness (QED) is 0.922. The highest BCUT2D eigenvalue weighted by atomic mass is 15.1. The molecule has 1 aliphatic rings. The first-order valence-corrected chi connectivity index (χ1v) is 7.26. The Morgan fingerprint density at radius 1 is 1.05 bits per heavy atom. The smallest absolute Gasteiger partial charge is 0.0998 e. The number of fused-ring (bicyclic) bond motifs is 1. The van der Waals surface area contributed by atoms with Gasteiger partial charge in [-0.05, 0) is 38.1 Å². The first-order valence-electron chi connectivity index (χ1n) is 7.26. The number of hydrogen-bond donors (Lipinski definition) is 1. The van der Waals surface area contributed by atoms with Gasteiger partial charge in [0.05, 0.1) is 11.6 Å². The summed E-state index contributed by atoms with van der Waals surface area (Å²) in [6, 6.07) is 14.3. The number of nitrogens with one attached hydrogen (secondary N) is 1. The number of anilines is 1. The average Bonchev–Trinajstić information content (AvgIpc) is 3.01. The van der Waals surface area contributed by atoms with Crippen molar-refractivity contribution in [3.05, 3.63) is 42.0 Å². The van der Waals surface area contributed by atoms with E-state index in [0.717, 1.165) is 35.1 Å². The second-order valence-corrected chi connectivity index (χ2v) is 5.29. The van der Waals surface area contributed by atoms with Crippen LogP contribution in [0.3, 0.4) is 0 Å². The minimum atomic E-state index is 0.741. The number of benzene rings is 2. The van der Waals surface area contributed by atoms with Crippen LogP contribution in [0.5, 0.6) is 0 Å². The standard InChI is InChI=1S/C17H19N3/c18-13-14-7-8-17(16-6-2-1-5-15(14)16)19-9-12-20-10-3-4-11-20/h1-2,5-8,19H,3-4,9-12H2. The van der Waals surface area contributed by atoms with Gasteiger partial charge in [-0.1, -0.05) is 24.3 Å². The number of hydrogen-bond acceptors (Lipinski definition) is 3. The molecule has 1 N–H and O–H groups in total. The molecule has 0 radical (unpaired) electrons. The van der Waals surface area contributed by atoms with Crippen LogP contribution in [0.2, 0.25) is 0 Å². The molecule has 0 unspecified atom stereocenters. The maximum Gasteiger partial charge on any atom is 0.0998 e. The van der Waals surface area contributed by atoms with Gasteiger partial charge in [0.2, 0.25) is 0 Å². The second kappa shape index (κ2) is 5.94. The Labute approximate surface area is 119 Å². The molecule has 0 spiro atoms. The molecule has 3 rings (SSSR count). The normalized spacial score (nSPS) is 15.3. The van der Waals surface area contributed by atoms with Crippen molar-refractivity contribution in [3.63, 3.8) is 0 Å². The summed E-state index contributed by atoms with van der Waals surface area (Å²) >= 11 is 0. The molecular weight excluding hydrogens is 246 g/mol. The lowest BCUT2D eigenvalue weighted by Crippen LogP contribution is -2.25. The number of nitriles is 1. The molecule has 0 aromatic heterocycles. The van der Waals surface area contributed by atoms with Gasteiger partial charge in [-0.2, -0.15) is 5.26 Å². The van der Waals surface area contributed by atoms with Crippen LogP contribution >= 0.6 is 0 Å². The lowest BCUT2D eigenvalue weighted by Gasteiger charge is -2.16. The van der Waals surface area contributed by atoms with Gasteiger partial charge in [0.15, 0.2) is 0 Å². The molecule has 2 aromatic carbocycles. The maximum absolute atomic E-state index is 9.17. The van der Waals surface area contributed by atoms with E-state index in [-0.39, 0.29) is 0 Å². The van der Waals surface area contributed by atoms with Gasteiger partial charge < -0.3 is 10.2 Å². The molecule has 1 heterocycles. The number of nitrogens with zero attached hydrogens (tertiary/aromatic N) is 2. The fourth-order valence-electron chi connectivity index (χ4n) is 2.91. The van der Waals surface area contributed by atoms with Gasteiger partial charge in [0, 0.05) is 29.5 Å². The van der Waals surface area contributed by atoms with Crippen molar-refractivity contribution in [3.8, 4) is 6.07 Å². The highest BCUT2D eigenvalue weighted by Crippen LogP contribution is 2.26. The molecule has 2 aromatic rings. The minimum Gasteiger partial charge on any atom is -0.383 e. The molecule has 20 heavy (non-hydrogen) atoms. The summed E-state index contributed by atoms with van der Waals surface area (Å²) in [6.45, 7) is 4.51. The van der Waals surface area contributed by atoms with Crippen molar-refractivity contribution in [2.24, 2.45) is 0 Å². The van der Waals surface area contributed by atoms with Gasteiger partial charge in [0.25, 0.3) is 0 Å². The van der Waals surface area contributed by atoms with E-state index in [1.54, 1.807) is 0 Å². The first-order chi connectivity index (χ1) is 9.88. The molecule has 102 valence electrons. The van der Waals surface area contributed by atoms with E-state index in [2.05, 4.69) is 22.4 Å². The fourth-order valence-corrected chi connectivity index (χ4v) is 2.91. The Balaban J connectivity index is 1.76. The number of likely N-dealkylation sites (tertiary alicyclic amines) is 1. The molecule has 3 heteroatoms. The van der Waals surface area contributed by atoms with Crippen LogP contribution in [-0.4, -0.2) is 31.1 Å². The Kier molecular flexibility index (Phi) is 3.85. The average molecular weight is 265 g/mol. The first kappa shape index (κ1) is 13.0. The highest BCUT2D eigenvalue weighted by Gasteiger charge is 2.11. The van der Waals surface area contributed by atoms with E-state index in [1.807, 2.05) is 30.3 Å². The Bertz CT molecular complexity index is 636. The van der Waals surface area contributed by atoms with Crippen LogP contribution in [-0.2, 0) is 0 Å². The summed E-state index contributed by atoms with van der Waals surface area (Å²) < 4.78 is 0. The van der Waals surface area contributed by atoms with E-state index >= 15 is 0 Å². The fraction of sp³-hybridized carbons (Fsp3) is 0.353. The van der Waals surface area contributed by atoms with E-state index in [4.69, 9.17) is 5.26 Å². The van der Waals surface area contributed by atoms with Crippen LogP contribution in [0.15, 0.2) is 36.4 Å². The highest BCUT2D eigenvalue weighted by molar-refractivity contribution is 5.97. The zero-order chi connectivity index (χ0) is 13.8. The van der Waals surface area contributed by atoms with E-state index in [1.165, 1.54) is 25.9 Å². The lowest BCUT2D eigenvalue weighted by atomic mass is 10.0. The Morgan fingerprint density at radius 2 is 1.80 bits per heavy atom. The van der Waals surface area contributed by atoms with E-state index in [9.17, 15) is 0 Å². The zero-order valence-electron chi connectivity index (χ0n) is 11.6. The SMILES string of the molecule is N#Cc1ccc(NCCN2CCCC2)c2ccccc12. The number of rotatable bonds is 4. The molecular formula is C17H19N3. The molecule has 0 amide bonds. The topological polar surface area (TPSA) is 39.1 Å². The van der Waals surface area contributed by atoms with Crippen LogP contribution in [0.25, 0.3) is 10.8 Å². The van der Waals surface area contributed by atoms with Crippen molar-refractivity contribution in [2.75, 3.05) is 31.5 Å². The van der Waals surface area contributed by atoms with Gasteiger partial charge in [-0.25, -0.2) is 0 Å². The van der Waals surface area contributed by atoms with Crippen LogP contribution < -0.4 is 5.32 Å². The van der Waals surface area contributed by atoms with Crippen molar-refractivity contribution in [1.29, 1.82) is 5.26 Å². The third-order valence-corrected chi connectivity index (χ3v) is 3.99. The third-order valence-electron chi connectivity index (χ3n) is 3.99. The van der Waals surface area contributed by atoms with Crippen molar-refractivity contribution < 1.29 is 0 Å². The lowest BCUT2D eigenvalue weighted by molar-refractivity contribution is 0.353. The summed E-state index contributed by atoms with van der Waals surface area (Å²) in [5.74, 6) is 0. The molecule has 1 aliphatic heterocycles. The van der Waals surface area contributed by atoms with E-state index in [0.29, 0.717) is 0 Å². The Hall–Kier alpha value is -2.05. The molecule has 0 bridgehead atoms. The summed E-state index contributed by atoms with van der Waals surface area (Å²) in [6.07, 6.45) is 2.67. The van der Waals surface area contributed by atoms with Gasteiger partial charge in [0.1, 0.15) is 0 Å². The van der Waals surface area contributed by atoms with Gasteiger partial charge >= 0.3 is 0 Å². The molecule has 0 atom stereocenters. The minimum absolute atomic E-state index is 0.741.